The normalized spacial score (nSPS) is 21.7. The monoisotopic (exact) mass is 451 g/mol. The highest BCUT2D eigenvalue weighted by Crippen LogP contribution is 2.43. The van der Waals surface area contributed by atoms with Crippen LogP contribution in [0.25, 0.3) is 5.76 Å². The van der Waals surface area contributed by atoms with Crippen molar-refractivity contribution in [2.75, 3.05) is 4.90 Å². The number of carbonyl (C=O) groups excluding carboxylic acids is 2. The number of fused-ring (bicyclic) bond motifs is 1. The van der Waals surface area contributed by atoms with Crippen molar-refractivity contribution in [3.05, 3.63) is 75.6 Å². The number of carbonyl (C=O) groups is 2. The zero-order valence-electron chi connectivity index (χ0n) is 17.2. The SMILES string of the molecule is Cc1nnc(N2C(=O)C(=O)/C(=C(\O)c3ccc4c(c3)CC(C)O4)C2c2ccc(F)cc2)s1. The number of Topliss-reactive ketones (excluding diaryl/α,β-unsaturated/α-hetero) is 1. The predicted molar refractivity (Wildman–Crippen MR) is 116 cm³/mol. The van der Waals surface area contributed by atoms with Crippen LogP contribution in [-0.4, -0.2) is 33.1 Å². The minimum Gasteiger partial charge on any atom is -0.507 e. The maximum atomic E-state index is 13.6. The van der Waals surface area contributed by atoms with E-state index < -0.39 is 23.5 Å². The van der Waals surface area contributed by atoms with Gasteiger partial charge < -0.3 is 9.84 Å². The van der Waals surface area contributed by atoms with Crippen molar-refractivity contribution in [1.29, 1.82) is 0 Å². The summed E-state index contributed by atoms with van der Waals surface area (Å²) in [5.41, 5.74) is 1.70. The van der Waals surface area contributed by atoms with Crippen LogP contribution >= 0.6 is 11.3 Å². The van der Waals surface area contributed by atoms with Gasteiger partial charge in [-0.1, -0.05) is 23.5 Å². The van der Waals surface area contributed by atoms with E-state index in [4.69, 9.17) is 4.74 Å². The molecule has 0 radical (unpaired) electrons. The second kappa shape index (κ2) is 7.52. The van der Waals surface area contributed by atoms with Gasteiger partial charge >= 0.3 is 5.91 Å². The summed E-state index contributed by atoms with van der Waals surface area (Å²) in [7, 11) is 0. The number of ether oxygens (including phenoxy) is 1. The number of rotatable bonds is 3. The zero-order chi connectivity index (χ0) is 22.6. The number of amides is 1. The van der Waals surface area contributed by atoms with Gasteiger partial charge in [0.1, 0.15) is 28.4 Å². The van der Waals surface area contributed by atoms with E-state index in [0.29, 0.717) is 22.6 Å². The summed E-state index contributed by atoms with van der Waals surface area (Å²) in [6.07, 6.45) is 0.698. The molecular formula is C23H18FN3O4S. The number of aromatic nitrogens is 2. The molecule has 2 aliphatic heterocycles. The Morgan fingerprint density at radius 3 is 2.62 bits per heavy atom. The molecule has 162 valence electrons. The molecule has 1 fully saturated rings. The number of anilines is 1. The van der Waals surface area contributed by atoms with E-state index in [0.717, 1.165) is 22.6 Å². The quantitative estimate of drug-likeness (QED) is 0.368. The van der Waals surface area contributed by atoms with E-state index in [-0.39, 0.29) is 22.6 Å². The van der Waals surface area contributed by atoms with E-state index in [1.165, 1.54) is 29.2 Å². The van der Waals surface area contributed by atoms with E-state index in [9.17, 15) is 19.1 Å². The number of hydrogen-bond acceptors (Lipinski definition) is 7. The second-order valence-electron chi connectivity index (χ2n) is 7.78. The summed E-state index contributed by atoms with van der Waals surface area (Å²) in [6.45, 7) is 3.68. The molecule has 0 saturated carbocycles. The fraction of sp³-hybridized carbons (Fsp3) is 0.217. The van der Waals surface area contributed by atoms with Gasteiger partial charge in [0.25, 0.3) is 5.78 Å². The van der Waals surface area contributed by atoms with Gasteiger partial charge in [-0.15, -0.1) is 10.2 Å². The lowest BCUT2D eigenvalue weighted by atomic mass is 9.94. The summed E-state index contributed by atoms with van der Waals surface area (Å²) >= 11 is 1.15. The number of hydrogen-bond donors (Lipinski definition) is 1. The highest BCUT2D eigenvalue weighted by Gasteiger charge is 2.48. The number of nitrogens with zero attached hydrogens (tertiary/aromatic N) is 3. The standard InChI is InChI=1S/C23H18FN3O4S/c1-11-9-15-10-14(5-8-17(15)31-11)20(28)18-19(13-3-6-16(24)7-4-13)27(22(30)21(18)29)23-26-25-12(2)32-23/h3-8,10-11,19,28H,9H2,1-2H3/b20-18-. The molecule has 1 amide bonds. The fourth-order valence-electron chi connectivity index (χ4n) is 4.10. The molecule has 0 bridgehead atoms. The summed E-state index contributed by atoms with van der Waals surface area (Å²) < 4.78 is 19.3. The first kappa shape index (κ1) is 20.3. The molecule has 2 aromatic carbocycles. The van der Waals surface area contributed by atoms with Crippen LogP contribution < -0.4 is 9.64 Å². The van der Waals surface area contributed by atoms with Crippen molar-refractivity contribution in [3.63, 3.8) is 0 Å². The minimum atomic E-state index is -0.966. The third kappa shape index (κ3) is 3.25. The molecule has 3 aromatic rings. The Morgan fingerprint density at radius 1 is 1.19 bits per heavy atom. The Morgan fingerprint density at radius 2 is 1.94 bits per heavy atom. The topological polar surface area (TPSA) is 92.6 Å². The average Bonchev–Trinajstić information content (AvgIpc) is 3.43. The third-order valence-electron chi connectivity index (χ3n) is 5.52. The molecule has 7 nitrogen and oxygen atoms in total. The van der Waals surface area contributed by atoms with Gasteiger partial charge in [-0.25, -0.2) is 4.39 Å². The Kier molecular flexibility index (Phi) is 4.78. The molecule has 0 aliphatic carbocycles. The van der Waals surface area contributed by atoms with E-state index in [1.807, 2.05) is 6.92 Å². The largest absolute Gasteiger partial charge is 0.507 e. The van der Waals surface area contributed by atoms with Crippen LogP contribution in [0.15, 0.2) is 48.0 Å². The zero-order valence-corrected chi connectivity index (χ0v) is 18.0. The van der Waals surface area contributed by atoms with Gasteiger partial charge in [0, 0.05) is 12.0 Å². The van der Waals surface area contributed by atoms with Gasteiger partial charge in [0.2, 0.25) is 5.13 Å². The number of benzene rings is 2. The molecule has 5 rings (SSSR count). The lowest BCUT2D eigenvalue weighted by Crippen LogP contribution is -2.29. The Labute approximate surface area is 186 Å². The molecule has 0 spiro atoms. The number of halogens is 1. The van der Waals surface area contributed by atoms with Gasteiger partial charge in [-0.2, -0.15) is 0 Å². The molecule has 9 heteroatoms. The molecule has 1 N–H and O–H groups in total. The summed E-state index contributed by atoms with van der Waals surface area (Å²) in [5, 5.41) is 20.0. The molecule has 1 saturated heterocycles. The van der Waals surface area contributed by atoms with Crippen molar-refractivity contribution >= 4 is 33.9 Å². The van der Waals surface area contributed by atoms with Crippen molar-refractivity contribution in [1.82, 2.24) is 10.2 Å². The van der Waals surface area contributed by atoms with Crippen molar-refractivity contribution in [2.24, 2.45) is 0 Å². The van der Waals surface area contributed by atoms with Gasteiger partial charge in [0.05, 0.1) is 11.6 Å². The average molecular weight is 451 g/mol. The Balaban J connectivity index is 1.68. The first-order chi connectivity index (χ1) is 15.3. The van der Waals surface area contributed by atoms with Crippen LogP contribution in [-0.2, 0) is 16.0 Å². The number of aliphatic hydroxyl groups is 1. The van der Waals surface area contributed by atoms with Crippen LogP contribution in [0.3, 0.4) is 0 Å². The summed E-state index contributed by atoms with van der Waals surface area (Å²) in [5.74, 6) is -1.69. The summed E-state index contributed by atoms with van der Waals surface area (Å²) in [6, 6.07) is 9.64. The number of aryl methyl sites for hydroxylation is 1. The number of aliphatic hydroxyl groups excluding tert-OH is 1. The first-order valence-corrected chi connectivity index (χ1v) is 10.8. The van der Waals surface area contributed by atoms with Crippen LogP contribution in [0.1, 0.15) is 34.7 Å². The van der Waals surface area contributed by atoms with Crippen molar-refractivity contribution < 1.29 is 23.8 Å². The molecule has 2 unspecified atom stereocenters. The van der Waals surface area contributed by atoms with Gasteiger partial charge in [-0.05, 0) is 55.3 Å². The smallest absolute Gasteiger partial charge is 0.301 e. The molecule has 2 aliphatic rings. The molecule has 1 aromatic heterocycles. The van der Waals surface area contributed by atoms with Crippen LogP contribution in [0.4, 0.5) is 9.52 Å². The molecule has 3 heterocycles. The molecule has 32 heavy (non-hydrogen) atoms. The minimum absolute atomic E-state index is 0.0211. The van der Waals surface area contributed by atoms with Gasteiger partial charge in [0.15, 0.2) is 0 Å². The second-order valence-corrected chi connectivity index (χ2v) is 8.94. The van der Waals surface area contributed by atoms with Crippen LogP contribution in [0.2, 0.25) is 0 Å². The maximum Gasteiger partial charge on any atom is 0.301 e. The predicted octanol–water partition coefficient (Wildman–Crippen LogP) is 3.94. The molecular weight excluding hydrogens is 433 g/mol. The van der Waals surface area contributed by atoms with E-state index >= 15 is 0 Å². The maximum absolute atomic E-state index is 13.6. The van der Waals surface area contributed by atoms with E-state index in [1.54, 1.807) is 25.1 Å². The Bertz CT molecular complexity index is 1280. The lowest BCUT2D eigenvalue weighted by molar-refractivity contribution is -0.132. The fourth-order valence-corrected chi connectivity index (χ4v) is 4.81. The van der Waals surface area contributed by atoms with E-state index in [2.05, 4.69) is 10.2 Å². The number of ketones is 1. The highest BCUT2D eigenvalue weighted by molar-refractivity contribution is 7.15. The van der Waals surface area contributed by atoms with Gasteiger partial charge in [-0.3, -0.25) is 14.5 Å². The first-order valence-electron chi connectivity index (χ1n) is 10.00. The highest BCUT2D eigenvalue weighted by atomic mass is 32.1. The Hall–Kier alpha value is -3.59. The third-order valence-corrected chi connectivity index (χ3v) is 6.36. The summed E-state index contributed by atoms with van der Waals surface area (Å²) in [4.78, 5) is 27.3. The lowest BCUT2D eigenvalue weighted by Gasteiger charge is -2.22. The van der Waals surface area contributed by atoms with Crippen LogP contribution in [0, 0.1) is 12.7 Å². The van der Waals surface area contributed by atoms with Crippen molar-refractivity contribution in [2.45, 2.75) is 32.4 Å². The van der Waals surface area contributed by atoms with Crippen LogP contribution in [0.5, 0.6) is 5.75 Å². The molecule has 2 atom stereocenters. The van der Waals surface area contributed by atoms with Crippen molar-refractivity contribution in [3.8, 4) is 5.75 Å².